The molecule has 0 spiro atoms. The molecule has 0 saturated carbocycles. The van der Waals surface area contributed by atoms with Gasteiger partial charge in [-0.15, -0.1) is 0 Å². The summed E-state index contributed by atoms with van der Waals surface area (Å²) < 4.78 is 5.17. The zero-order valence-corrected chi connectivity index (χ0v) is 11.4. The van der Waals surface area contributed by atoms with E-state index in [4.69, 9.17) is 9.84 Å². The van der Waals surface area contributed by atoms with E-state index in [0.29, 0.717) is 17.7 Å². The number of methoxy groups -OCH3 is 1. The largest absolute Gasteiger partial charge is 0.496 e. The van der Waals surface area contributed by atoms with Crippen LogP contribution in [0.15, 0.2) is 30.4 Å². The average Bonchev–Trinajstić information content (AvgIpc) is 2.87. The second-order valence-corrected chi connectivity index (χ2v) is 4.85. The van der Waals surface area contributed by atoms with Gasteiger partial charge in [-0.05, 0) is 25.5 Å². The minimum Gasteiger partial charge on any atom is -0.496 e. The Labute approximate surface area is 117 Å². The van der Waals surface area contributed by atoms with Gasteiger partial charge in [0.05, 0.1) is 18.6 Å². The molecule has 0 aliphatic heterocycles. The Kier molecular flexibility index (Phi) is 4.08. The van der Waals surface area contributed by atoms with Crippen LogP contribution in [0, 0.1) is 12.8 Å². The van der Waals surface area contributed by atoms with Gasteiger partial charge in [-0.1, -0.05) is 23.8 Å². The van der Waals surface area contributed by atoms with Crippen molar-refractivity contribution in [3.8, 4) is 5.75 Å². The van der Waals surface area contributed by atoms with Crippen LogP contribution in [0.4, 0.5) is 0 Å². The van der Waals surface area contributed by atoms with Gasteiger partial charge in [0.2, 0.25) is 0 Å². The van der Waals surface area contributed by atoms with Gasteiger partial charge in [0.25, 0.3) is 5.91 Å². The van der Waals surface area contributed by atoms with Crippen molar-refractivity contribution in [2.75, 3.05) is 7.11 Å². The van der Waals surface area contributed by atoms with Crippen LogP contribution >= 0.6 is 0 Å². The Hall–Kier alpha value is -2.30. The normalized spacial score (nSPS) is 20.7. The Balaban J connectivity index is 2.08. The number of hydrogen-bond donors (Lipinski definition) is 2. The molecule has 1 aliphatic carbocycles. The zero-order chi connectivity index (χ0) is 14.7. The number of rotatable bonds is 4. The van der Waals surface area contributed by atoms with Crippen LogP contribution in [0.5, 0.6) is 5.75 Å². The molecule has 0 heterocycles. The average molecular weight is 275 g/mol. The molecule has 5 nitrogen and oxygen atoms in total. The number of amides is 1. The standard InChI is InChI=1S/C15H17NO4/c1-9-3-6-13(20-2)12(7-9)14(17)16-11-5-4-10(8-11)15(18)19/h3-7,10-11H,8H2,1-2H3,(H,16,17)(H,18,19). The van der Waals surface area contributed by atoms with E-state index in [-0.39, 0.29) is 11.9 Å². The predicted molar refractivity (Wildman–Crippen MR) is 73.9 cm³/mol. The number of hydrogen-bond acceptors (Lipinski definition) is 3. The van der Waals surface area contributed by atoms with E-state index < -0.39 is 11.9 Å². The van der Waals surface area contributed by atoms with Gasteiger partial charge in [0, 0.05) is 6.04 Å². The van der Waals surface area contributed by atoms with Gasteiger partial charge in [-0.3, -0.25) is 9.59 Å². The number of ether oxygens (including phenoxy) is 1. The smallest absolute Gasteiger partial charge is 0.310 e. The van der Waals surface area contributed by atoms with Crippen molar-refractivity contribution in [1.29, 1.82) is 0 Å². The highest BCUT2D eigenvalue weighted by atomic mass is 16.5. The summed E-state index contributed by atoms with van der Waals surface area (Å²) >= 11 is 0. The predicted octanol–water partition coefficient (Wildman–Crippen LogP) is 1.76. The van der Waals surface area contributed by atoms with E-state index in [1.165, 1.54) is 7.11 Å². The molecule has 2 atom stereocenters. The molecule has 1 aromatic carbocycles. The molecule has 5 heteroatoms. The Morgan fingerprint density at radius 3 is 2.70 bits per heavy atom. The molecule has 1 amide bonds. The summed E-state index contributed by atoms with van der Waals surface area (Å²) in [6, 6.07) is 5.11. The van der Waals surface area contributed by atoms with Crippen LogP contribution in [-0.4, -0.2) is 30.1 Å². The lowest BCUT2D eigenvalue weighted by atomic mass is 10.1. The van der Waals surface area contributed by atoms with Crippen molar-refractivity contribution < 1.29 is 19.4 Å². The number of carboxylic acids is 1. The molecule has 0 aromatic heterocycles. The molecule has 0 saturated heterocycles. The molecule has 0 fully saturated rings. The molecular weight excluding hydrogens is 258 g/mol. The quantitative estimate of drug-likeness (QED) is 0.821. The second-order valence-electron chi connectivity index (χ2n) is 4.85. The lowest BCUT2D eigenvalue weighted by Crippen LogP contribution is -2.33. The maximum absolute atomic E-state index is 12.2. The molecule has 20 heavy (non-hydrogen) atoms. The first-order valence-corrected chi connectivity index (χ1v) is 6.38. The fourth-order valence-electron chi connectivity index (χ4n) is 2.23. The molecule has 0 radical (unpaired) electrons. The Morgan fingerprint density at radius 2 is 2.10 bits per heavy atom. The number of benzene rings is 1. The summed E-state index contributed by atoms with van der Waals surface area (Å²) in [6.07, 6.45) is 3.72. The summed E-state index contributed by atoms with van der Waals surface area (Å²) in [7, 11) is 1.51. The summed E-state index contributed by atoms with van der Waals surface area (Å²) in [4.78, 5) is 23.1. The van der Waals surface area contributed by atoms with Crippen LogP contribution in [0.3, 0.4) is 0 Å². The lowest BCUT2D eigenvalue weighted by Gasteiger charge is -2.14. The van der Waals surface area contributed by atoms with Crippen LogP contribution < -0.4 is 10.1 Å². The van der Waals surface area contributed by atoms with Crippen molar-refractivity contribution in [3.05, 3.63) is 41.5 Å². The number of nitrogens with one attached hydrogen (secondary N) is 1. The van der Waals surface area contributed by atoms with Crippen LogP contribution in [0.2, 0.25) is 0 Å². The summed E-state index contributed by atoms with van der Waals surface area (Å²) in [5, 5.41) is 11.7. The van der Waals surface area contributed by atoms with Crippen LogP contribution in [0.1, 0.15) is 22.3 Å². The van der Waals surface area contributed by atoms with Gasteiger partial charge >= 0.3 is 5.97 Å². The fraction of sp³-hybridized carbons (Fsp3) is 0.333. The summed E-state index contributed by atoms with van der Waals surface area (Å²) in [5.74, 6) is -1.15. The van der Waals surface area contributed by atoms with Gasteiger partial charge in [-0.25, -0.2) is 0 Å². The molecule has 1 aromatic rings. The monoisotopic (exact) mass is 275 g/mol. The maximum Gasteiger partial charge on any atom is 0.310 e. The third-order valence-corrected chi connectivity index (χ3v) is 3.32. The van der Waals surface area contributed by atoms with Crippen LogP contribution in [-0.2, 0) is 4.79 Å². The van der Waals surface area contributed by atoms with E-state index in [1.807, 2.05) is 13.0 Å². The number of carboxylic acid groups (broad SMARTS) is 1. The minimum absolute atomic E-state index is 0.256. The van der Waals surface area contributed by atoms with E-state index in [0.717, 1.165) is 5.56 Å². The molecule has 1 aliphatic rings. The van der Waals surface area contributed by atoms with Crippen molar-refractivity contribution >= 4 is 11.9 Å². The fourth-order valence-corrected chi connectivity index (χ4v) is 2.23. The number of aliphatic carboxylic acids is 1. The number of carbonyl (C=O) groups is 2. The minimum atomic E-state index is -0.869. The van der Waals surface area contributed by atoms with Crippen molar-refractivity contribution in [2.45, 2.75) is 19.4 Å². The number of carbonyl (C=O) groups excluding carboxylic acids is 1. The van der Waals surface area contributed by atoms with E-state index in [1.54, 1.807) is 24.3 Å². The highest BCUT2D eigenvalue weighted by Gasteiger charge is 2.26. The Morgan fingerprint density at radius 1 is 1.35 bits per heavy atom. The molecule has 106 valence electrons. The molecule has 2 rings (SSSR count). The topological polar surface area (TPSA) is 75.6 Å². The van der Waals surface area contributed by atoms with Crippen LogP contribution in [0.25, 0.3) is 0 Å². The molecule has 2 N–H and O–H groups in total. The highest BCUT2D eigenvalue weighted by molar-refractivity contribution is 5.97. The van der Waals surface area contributed by atoms with Gasteiger partial charge in [0.15, 0.2) is 0 Å². The van der Waals surface area contributed by atoms with E-state index in [9.17, 15) is 9.59 Å². The third kappa shape index (κ3) is 2.99. The van der Waals surface area contributed by atoms with Gasteiger partial charge in [-0.2, -0.15) is 0 Å². The van der Waals surface area contributed by atoms with Gasteiger partial charge in [0.1, 0.15) is 5.75 Å². The summed E-state index contributed by atoms with van der Waals surface area (Å²) in [6.45, 7) is 1.89. The first-order chi connectivity index (χ1) is 9.51. The van der Waals surface area contributed by atoms with Crippen molar-refractivity contribution in [2.24, 2.45) is 5.92 Å². The van der Waals surface area contributed by atoms with Crippen molar-refractivity contribution in [3.63, 3.8) is 0 Å². The maximum atomic E-state index is 12.2. The number of aryl methyl sites for hydroxylation is 1. The van der Waals surface area contributed by atoms with Gasteiger partial charge < -0.3 is 15.2 Å². The molecule has 2 unspecified atom stereocenters. The van der Waals surface area contributed by atoms with Crippen molar-refractivity contribution in [1.82, 2.24) is 5.32 Å². The second kappa shape index (κ2) is 5.77. The highest BCUT2D eigenvalue weighted by Crippen LogP contribution is 2.22. The SMILES string of the molecule is COc1ccc(C)cc1C(=O)NC1C=CC(C(=O)O)C1. The lowest BCUT2D eigenvalue weighted by molar-refractivity contribution is -0.140. The molecular formula is C15H17NO4. The zero-order valence-electron chi connectivity index (χ0n) is 11.4. The first-order valence-electron chi connectivity index (χ1n) is 6.38. The summed E-state index contributed by atoms with van der Waals surface area (Å²) in [5.41, 5.74) is 1.42. The third-order valence-electron chi connectivity index (χ3n) is 3.32. The van der Waals surface area contributed by atoms with E-state index >= 15 is 0 Å². The Bertz CT molecular complexity index is 565. The van der Waals surface area contributed by atoms with E-state index in [2.05, 4.69) is 5.32 Å². The molecule has 0 bridgehead atoms. The first kappa shape index (κ1) is 14.1.